The van der Waals surface area contributed by atoms with Crippen molar-refractivity contribution in [3.8, 4) is 0 Å². The van der Waals surface area contributed by atoms with Gasteiger partial charge in [-0.3, -0.25) is 0 Å². The molecule has 1 unspecified atom stereocenters. The lowest BCUT2D eigenvalue weighted by Gasteiger charge is -2.19. The van der Waals surface area contributed by atoms with Crippen LogP contribution in [-0.2, 0) is 10.0 Å². The van der Waals surface area contributed by atoms with E-state index in [0.29, 0.717) is 29.0 Å². The summed E-state index contributed by atoms with van der Waals surface area (Å²) in [5, 5.41) is 9.49. The lowest BCUT2D eigenvalue weighted by Crippen LogP contribution is -2.35. The summed E-state index contributed by atoms with van der Waals surface area (Å²) >= 11 is 12.2. The number of nitrogens with one attached hydrogen (secondary N) is 1. The fraction of sp³-hybridized carbons (Fsp3) is 0.538. The molecule has 0 aliphatic carbocycles. The average Bonchev–Trinajstić information content (AvgIpc) is 2.35. The second-order valence-electron chi connectivity index (χ2n) is 4.68. The van der Waals surface area contributed by atoms with Gasteiger partial charge in [-0.05, 0) is 43.9 Å². The minimum absolute atomic E-state index is 0.0144. The Labute approximate surface area is 130 Å². The molecule has 0 bridgehead atoms. The molecular formula is C13H19Cl2NO3S. The van der Waals surface area contributed by atoms with Crippen LogP contribution in [0.25, 0.3) is 0 Å². The van der Waals surface area contributed by atoms with Crippen molar-refractivity contribution in [3.63, 3.8) is 0 Å². The molecule has 1 rings (SSSR count). The predicted molar refractivity (Wildman–Crippen MR) is 82.0 cm³/mol. The summed E-state index contributed by atoms with van der Waals surface area (Å²) < 4.78 is 27.5. The monoisotopic (exact) mass is 339 g/mol. The number of sulfonamides is 1. The first-order chi connectivity index (χ1) is 9.24. The highest BCUT2D eigenvalue weighted by atomic mass is 35.5. The number of hydrogen-bond donors (Lipinski definition) is 2. The van der Waals surface area contributed by atoms with Gasteiger partial charge in [0.05, 0.1) is 5.02 Å². The number of aryl methyl sites for hydroxylation is 1. The molecule has 0 aliphatic rings. The summed E-state index contributed by atoms with van der Waals surface area (Å²) in [4.78, 5) is 0.0144. The van der Waals surface area contributed by atoms with Gasteiger partial charge in [0.2, 0.25) is 10.0 Å². The minimum Gasteiger partial charge on any atom is -0.396 e. The Kier molecular flexibility index (Phi) is 6.28. The minimum atomic E-state index is -3.78. The number of benzene rings is 1. The van der Waals surface area contributed by atoms with Crippen LogP contribution < -0.4 is 4.72 Å². The van der Waals surface area contributed by atoms with Crippen molar-refractivity contribution in [3.05, 3.63) is 27.2 Å². The van der Waals surface area contributed by atoms with E-state index in [1.165, 1.54) is 0 Å². The Bertz CT molecular complexity index is 562. The molecule has 7 heteroatoms. The Hall–Kier alpha value is -0.330. The first kappa shape index (κ1) is 17.7. The first-order valence-corrected chi connectivity index (χ1v) is 8.56. The van der Waals surface area contributed by atoms with Crippen LogP contribution in [0.5, 0.6) is 0 Å². The number of aliphatic hydroxyl groups excluding tert-OH is 1. The molecule has 0 radical (unpaired) electrons. The Balaban J connectivity index is 3.29. The van der Waals surface area contributed by atoms with E-state index in [2.05, 4.69) is 4.72 Å². The number of rotatable bonds is 6. The highest BCUT2D eigenvalue weighted by molar-refractivity contribution is 7.89. The van der Waals surface area contributed by atoms with Crippen molar-refractivity contribution in [2.75, 3.05) is 6.61 Å². The molecule has 1 aromatic carbocycles. The molecule has 4 nitrogen and oxygen atoms in total. The van der Waals surface area contributed by atoms with Gasteiger partial charge in [0.25, 0.3) is 0 Å². The zero-order valence-electron chi connectivity index (χ0n) is 11.7. The van der Waals surface area contributed by atoms with Crippen LogP contribution in [0.3, 0.4) is 0 Å². The van der Waals surface area contributed by atoms with Gasteiger partial charge in [-0.1, -0.05) is 30.1 Å². The molecule has 2 N–H and O–H groups in total. The van der Waals surface area contributed by atoms with Gasteiger partial charge in [-0.2, -0.15) is 0 Å². The van der Waals surface area contributed by atoms with E-state index in [4.69, 9.17) is 28.3 Å². The molecule has 0 aromatic heterocycles. The lowest BCUT2D eigenvalue weighted by molar-refractivity contribution is 0.270. The Morgan fingerprint density at radius 3 is 2.45 bits per heavy atom. The number of aliphatic hydroxyl groups is 1. The zero-order chi connectivity index (χ0) is 15.5. The zero-order valence-corrected chi connectivity index (χ0v) is 14.0. The van der Waals surface area contributed by atoms with E-state index in [9.17, 15) is 8.42 Å². The predicted octanol–water partition coefficient (Wildman–Crippen LogP) is 3.05. The van der Waals surface area contributed by atoms with Crippen molar-refractivity contribution in [2.45, 2.75) is 44.6 Å². The summed E-state index contributed by atoms with van der Waals surface area (Å²) in [6, 6.07) is 1.31. The average molecular weight is 340 g/mol. The molecule has 0 fully saturated rings. The van der Waals surface area contributed by atoms with Gasteiger partial charge >= 0.3 is 0 Å². The third-order valence-corrected chi connectivity index (χ3v) is 5.83. The maximum Gasteiger partial charge on any atom is 0.242 e. The van der Waals surface area contributed by atoms with Gasteiger partial charge in [0.1, 0.15) is 4.90 Å². The SMILES string of the molecule is CCC(CCO)NS(=O)(=O)c1c(C)c(Cl)cc(C)c1Cl. The van der Waals surface area contributed by atoms with Crippen molar-refractivity contribution >= 4 is 33.2 Å². The number of hydrogen-bond acceptors (Lipinski definition) is 3. The third-order valence-electron chi connectivity index (χ3n) is 3.15. The Morgan fingerprint density at radius 1 is 1.35 bits per heavy atom. The van der Waals surface area contributed by atoms with Crippen molar-refractivity contribution in [1.82, 2.24) is 4.72 Å². The normalized spacial score (nSPS) is 13.5. The lowest BCUT2D eigenvalue weighted by atomic mass is 10.2. The topological polar surface area (TPSA) is 66.4 Å². The standard InChI is InChI=1S/C13H19Cl2NO3S/c1-4-10(5-6-17)16-20(18,19)13-9(3)11(14)7-8(2)12(13)15/h7,10,16-17H,4-6H2,1-3H3. The summed E-state index contributed by atoms with van der Waals surface area (Å²) in [6.45, 7) is 5.09. The second-order valence-corrected chi connectivity index (χ2v) is 7.12. The summed E-state index contributed by atoms with van der Waals surface area (Å²) in [7, 11) is -3.78. The van der Waals surface area contributed by atoms with Crippen molar-refractivity contribution < 1.29 is 13.5 Å². The van der Waals surface area contributed by atoms with Crippen LogP contribution >= 0.6 is 23.2 Å². The van der Waals surface area contributed by atoms with Gasteiger partial charge < -0.3 is 5.11 Å². The molecular weight excluding hydrogens is 321 g/mol. The first-order valence-electron chi connectivity index (χ1n) is 6.33. The van der Waals surface area contributed by atoms with Gasteiger partial charge in [0, 0.05) is 17.7 Å². The maximum absolute atomic E-state index is 12.5. The smallest absolute Gasteiger partial charge is 0.242 e. The van der Waals surface area contributed by atoms with Crippen LogP contribution in [0.1, 0.15) is 30.9 Å². The third kappa shape index (κ3) is 3.86. The van der Waals surface area contributed by atoms with Crippen molar-refractivity contribution in [1.29, 1.82) is 0 Å². The quantitative estimate of drug-likeness (QED) is 0.836. The van der Waals surface area contributed by atoms with E-state index < -0.39 is 10.0 Å². The van der Waals surface area contributed by atoms with Crippen LogP contribution in [0.2, 0.25) is 10.0 Å². The van der Waals surface area contributed by atoms with E-state index in [1.54, 1.807) is 19.9 Å². The molecule has 0 saturated heterocycles. The molecule has 20 heavy (non-hydrogen) atoms. The van der Waals surface area contributed by atoms with Gasteiger partial charge in [0.15, 0.2) is 0 Å². The number of halogens is 2. The van der Waals surface area contributed by atoms with E-state index in [1.807, 2.05) is 6.92 Å². The summed E-state index contributed by atoms with van der Waals surface area (Å²) in [6.07, 6.45) is 0.932. The molecule has 0 amide bonds. The molecule has 0 aliphatic heterocycles. The highest BCUT2D eigenvalue weighted by Gasteiger charge is 2.26. The molecule has 0 spiro atoms. The molecule has 1 atom stereocenters. The largest absolute Gasteiger partial charge is 0.396 e. The summed E-state index contributed by atoms with van der Waals surface area (Å²) in [5.41, 5.74) is 1.03. The Morgan fingerprint density at radius 2 is 1.95 bits per heavy atom. The maximum atomic E-state index is 12.5. The van der Waals surface area contributed by atoms with E-state index in [-0.39, 0.29) is 22.6 Å². The van der Waals surface area contributed by atoms with Crippen molar-refractivity contribution in [2.24, 2.45) is 0 Å². The summed E-state index contributed by atoms with van der Waals surface area (Å²) in [5.74, 6) is 0. The molecule has 1 aromatic rings. The molecule has 114 valence electrons. The molecule has 0 heterocycles. The van der Waals surface area contributed by atoms with Crippen LogP contribution in [0.4, 0.5) is 0 Å². The van der Waals surface area contributed by atoms with Crippen LogP contribution in [0.15, 0.2) is 11.0 Å². The molecule has 0 saturated carbocycles. The second kappa shape index (κ2) is 7.09. The van der Waals surface area contributed by atoms with Gasteiger partial charge in [-0.15, -0.1) is 0 Å². The van der Waals surface area contributed by atoms with Crippen LogP contribution in [0, 0.1) is 13.8 Å². The van der Waals surface area contributed by atoms with E-state index in [0.717, 1.165) is 0 Å². The van der Waals surface area contributed by atoms with E-state index >= 15 is 0 Å². The fourth-order valence-electron chi connectivity index (χ4n) is 1.91. The fourth-order valence-corrected chi connectivity index (χ4v) is 4.48. The highest BCUT2D eigenvalue weighted by Crippen LogP contribution is 2.33. The van der Waals surface area contributed by atoms with Gasteiger partial charge in [-0.25, -0.2) is 13.1 Å². The van der Waals surface area contributed by atoms with Crippen LogP contribution in [-0.4, -0.2) is 26.2 Å².